The smallest absolute Gasteiger partial charge is 0.338 e. The molecule has 0 saturated carbocycles. The van der Waals surface area contributed by atoms with Gasteiger partial charge in [0.2, 0.25) is 0 Å². The topological polar surface area (TPSA) is 75.7 Å². The maximum atomic E-state index is 12.8. The number of nitrogens with zero attached hydrogens (tertiary/aromatic N) is 1. The van der Waals surface area contributed by atoms with Gasteiger partial charge in [0.25, 0.3) is 11.8 Å². The van der Waals surface area contributed by atoms with E-state index in [0.717, 1.165) is 10.5 Å². The van der Waals surface area contributed by atoms with Crippen LogP contribution >= 0.6 is 11.6 Å². The van der Waals surface area contributed by atoms with Gasteiger partial charge in [-0.3, -0.25) is 9.59 Å². The van der Waals surface area contributed by atoms with Gasteiger partial charge in [0, 0.05) is 5.69 Å². The fraction of sp³-hybridized carbons (Fsp3) is 0.190. The van der Waals surface area contributed by atoms with Crippen molar-refractivity contribution in [2.45, 2.75) is 26.9 Å². The quantitative estimate of drug-likeness (QED) is 0.608. The Hall–Kier alpha value is -3.12. The molecule has 1 N–H and O–H groups in total. The van der Waals surface area contributed by atoms with Crippen LogP contribution in [0.25, 0.3) is 0 Å². The van der Waals surface area contributed by atoms with Crippen LogP contribution in [-0.2, 0) is 14.3 Å². The van der Waals surface area contributed by atoms with Gasteiger partial charge in [-0.1, -0.05) is 29.8 Å². The van der Waals surface area contributed by atoms with Gasteiger partial charge in [-0.2, -0.15) is 0 Å². The number of aryl methyl sites for hydroxylation is 1. The van der Waals surface area contributed by atoms with E-state index in [4.69, 9.17) is 16.3 Å². The van der Waals surface area contributed by atoms with Crippen molar-refractivity contribution in [3.8, 4) is 0 Å². The van der Waals surface area contributed by atoms with Gasteiger partial charge in [0.05, 0.1) is 17.4 Å². The van der Waals surface area contributed by atoms with Crippen LogP contribution in [0.5, 0.6) is 0 Å². The standard InChI is InChI=1S/C21H19ClN2O4/c1-12(2)28-21(27)14-7-5-8-15(11-14)23-18-17(22)19(25)24(20(18)26)16-9-4-6-13(3)10-16/h4-12,23H,1-3H3. The maximum absolute atomic E-state index is 12.8. The molecule has 1 heterocycles. The average Bonchev–Trinajstić information content (AvgIpc) is 2.85. The Bertz CT molecular complexity index is 997. The SMILES string of the molecule is Cc1cccc(N2C(=O)C(Cl)=C(Nc3cccc(C(=O)OC(C)C)c3)C2=O)c1. The van der Waals surface area contributed by atoms with Gasteiger partial charge >= 0.3 is 5.97 Å². The minimum Gasteiger partial charge on any atom is -0.459 e. The van der Waals surface area contributed by atoms with Crippen molar-refractivity contribution in [1.29, 1.82) is 0 Å². The van der Waals surface area contributed by atoms with Gasteiger partial charge in [-0.05, 0) is 56.7 Å². The summed E-state index contributed by atoms with van der Waals surface area (Å²) in [5.41, 5.74) is 2.08. The predicted molar refractivity (Wildman–Crippen MR) is 107 cm³/mol. The van der Waals surface area contributed by atoms with Gasteiger partial charge in [0.15, 0.2) is 0 Å². The molecule has 7 heteroatoms. The number of hydrogen-bond acceptors (Lipinski definition) is 5. The average molecular weight is 399 g/mol. The van der Waals surface area contributed by atoms with E-state index in [1.807, 2.05) is 13.0 Å². The summed E-state index contributed by atoms with van der Waals surface area (Å²) in [4.78, 5) is 38.4. The molecular formula is C21H19ClN2O4. The lowest BCUT2D eigenvalue weighted by atomic mass is 10.2. The third-order valence-electron chi connectivity index (χ3n) is 4.00. The van der Waals surface area contributed by atoms with Crippen molar-refractivity contribution in [2.75, 3.05) is 10.2 Å². The summed E-state index contributed by atoms with van der Waals surface area (Å²) in [7, 11) is 0. The highest BCUT2D eigenvalue weighted by molar-refractivity contribution is 6.53. The zero-order valence-corrected chi connectivity index (χ0v) is 16.4. The molecule has 2 amide bonds. The molecule has 0 atom stereocenters. The molecule has 0 aliphatic carbocycles. The Balaban J connectivity index is 1.86. The highest BCUT2D eigenvalue weighted by Gasteiger charge is 2.39. The Morgan fingerprint density at radius 3 is 2.46 bits per heavy atom. The normalized spacial score (nSPS) is 14.1. The number of imide groups is 1. The Labute approximate surface area is 167 Å². The number of rotatable bonds is 5. The van der Waals surface area contributed by atoms with Gasteiger partial charge < -0.3 is 10.1 Å². The number of benzene rings is 2. The van der Waals surface area contributed by atoms with Crippen LogP contribution in [0, 0.1) is 6.92 Å². The zero-order chi connectivity index (χ0) is 20.4. The number of halogens is 1. The van der Waals surface area contributed by atoms with Crippen molar-refractivity contribution in [3.63, 3.8) is 0 Å². The highest BCUT2D eigenvalue weighted by atomic mass is 35.5. The minimum absolute atomic E-state index is 0.0393. The van der Waals surface area contributed by atoms with Gasteiger partial charge in [-0.15, -0.1) is 0 Å². The molecule has 3 rings (SSSR count). The first-order valence-electron chi connectivity index (χ1n) is 8.71. The maximum Gasteiger partial charge on any atom is 0.338 e. The molecule has 0 saturated heterocycles. The van der Waals surface area contributed by atoms with E-state index in [1.165, 1.54) is 6.07 Å². The van der Waals surface area contributed by atoms with E-state index < -0.39 is 17.8 Å². The van der Waals surface area contributed by atoms with Crippen LogP contribution in [0.3, 0.4) is 0 Å². The number of esters is 1. The van der Waals surface area contributed by atoms with Crippen LogP contribution in [0.1, 0.15) is 29.8 Å². The van der Waals surface area contributed by atoms with E-state index in [0.29, 0.717) is 16.9 Å². The van der Waals surface area contributed by atoms with E-state index in [1.54, 1.807) is 50.2 Å². The summed E-state index contributed by atoms with van der Waals surface area (Å²) < 4.78 is 5.17. The summed E-state index contributed by atoms with van der Waals surface area (Å²) >= 11 is 6.14. The van der Waals surface area contributed by atoms with Crippen molar-refractivity contribution >= 4 is 40.8 Å². The van der Waals surface area contributed by atoms with Crippen molar-refractivity contribution in [1.82, 2.24) is 0 Å². The molecule has 0 fully saturated rings. The molecule has 1 aliphatic rings. The second kappa shape index (κ2) is 7.86. The first kappa shape index (κ1) is 19.6. The van der Waals surface area contributed by atoms with Crippen LogP contribution in [0.4, 0.5) is 11.4 Å². The molecule has 0 aromatic heterocycles. The Morgan fingerprint density at radius 1 is 1.07 bits per heavy atom. The van der Waals surface area contributed by atoms with Crippen LogP contribution in [0.2, 0.25) is 0 Å². The molecule has 0 bridgehead atoms. The summed E-state index contributed by atoms with van der Waals surface area (Å²) in [6.07, 6.45) is -0.252. The number of ether oxygens (including phenoxy) is 1. The van der Waals surface area contributed by atoms with Gasteiger partial charge in [-0.25, -0.2) is 9.69 Å². The molecule has 0 spiro atoms. The second-order valence-electron chi connectivity index (χ2n) is 6.63. The number of carbonyl (C=O) groups excluding carboxylic acids is 3. The summed E-state index contributed by atoms with van der Waals surface area (Å²) in [5.74, 6) is -1.64. The molecule has 6 nitrogen and oxygen atoms in total. The fourth-order valence-corrected chi connectivity index (χ4v) is 2.98. The third kappa shape index (κ3) is 3.92. The van der Waals surface area contributed by atoms with E-state index >= 15 is 0 Å². The van der Waals surface area contributed by atoms with Crippen LogP contribution in [0.15, 0.2) is 59.3 Å². The number of hydrogen-bond donors (Lipinski definition) is 1. The predicted octanol–water partition coefficient (Wildman–Crippen LogP) is 4.00. The monoisotopic (exact) mass is 398 g/mol. The van der Waals surface area contributed by atoms with Crippen LogP contribution < -0.4 is 10.2 Å². The highest BCUT2D eigenvalue weighted by Crippen LogP contribution is 2.30. The molecule has 28 heavy (non-hydrogen) atoms. The second-order valence-corrected chi connectivity index (χ2v) is 7.01. The fourth-order valence-electron chi connectivity index (χ4n) is 2.76. The molecule has 144 valence electrons. The lowest BCUT2D eigenvalue weighted by molar-refractivity contribution is -0.120. The molecule has 2 aromatic rings. The summed E-state index contributed by atoms with van der Waals surface area (Å²) in [6.45, 7) is 5.38. The largest absolute Gasteiger partial charge is 0.459 e. The molecular weight excluding hydrogens is 380 g/mol. The lowest BCUT2D eigenvalue weighted by Crippen LogP contribution is -2.32. The first-order chi connectivity index (χ1) is 13.3. The third-order valence-corrected chi connectivity index (χ3v) is 4.35. The zero-order valence-electron chi connectivity index (χ0n) is 15.7. The lowest BCUT2D eigenvalue weighted by Gasteiger charge is -2.15. The minimum atomic E-state index is -0.602. The Kier molecular flexibility index (Phi) is 5.51. The molecule has 1 aliphatic heterocycles. The van der Waals surface area contributed by atoms with Crippen LogP contribution in [-0.4, -0.2) is 23.9 Å². The van der Waals surface area contributed by atoms with E-state index in [-0.39, 0.29) is 16.8 Å². The summed E-state index contributed by atoms with van der Waals surface area (Å²) in [5, 5.41) is 2.65. The van der Waals surface area contributed by atoms with Gasteiger partial charge in [0.1, 0.15) is 10.7 Å². The van der Waals surface area contributed by atoms with Crippen molar-refractivity contribution in [2.24, 2.45) is 0 Å². The summed E-state index contributed by atoms with van der Waals surface area (Å²) in [6, 6.07) is 13.5. The van der Waals surface area contributed by atoms with Crippen molar-refractivity contribution < 1.29 is 19.1 Å². The molecule has 0 radical (unpaired) electrons. The first-order valence-corrected chi connectivity index (χ1v) is 9.09. The molecule has 0 unspecified atom stereocenters. The number of nitrogens with one attached hydrogen (secondary N) is 1. The number of amides is 2. The Morgan fingerprint density at radius 2 is 1.79 bits per heavy atom. The van der Waals surface area contributed by atoms with Crippen molar-refractivity contribution in [3.05, 3.63) is 70.4 Å². The van der Waals surface area contributed by atoms with E-state index in [2.05, 4.69) is 5.32 Å². The number of carbonyl (C=O) groups is 3. The van der Waals surface area contributed by atoms with E-state index in [9.17, 15) is 14.4 Å². The number of anilines is 2. The molecule has 2 aromatic carbocycles.